The maximum absolute atomic E-state index is 13.5. The van der Waals surface area contributed by atoms with Crippen LogP contribution in [0.1, 0.15) is 20.8 Å². The summed E-state index contributed by atoms with van der Waals surface area (Å²) in [7, 11) is -2.93. The summed E-state index contributed by atoms with van der Waals surface area (Å²) in [4.78, 5) is 15.2. The van der Waals surface area contributed by atoms with Crippen molar-refractivity contribution in [1.82, 2.24) is 14.6 Å². The number of likely N-dealkylation sites (N-methyl/N-ethyl adjacent to an activating group) is 1. The number of nitrogens with one attached hydrogen (secondary N) is 1. The van der Waals surface area contributed by atoms with Crippen molar-refractivity contribution in [3.8, 4) is 0 Å². The molecule has 0 fully saturated rings. The second-order valence-electron chi connectivity index (χ2n) is 5.35. The van der Waals surface area contributed by atoms with Crippen LogP contribution in [0.4, 0.5) is 4.39 Å². The van der Waals surface area contributed by atoms with E-state index < -0.39 is 38.9 Å². The predicted molar refractivity (Wildman–Crippen MR) is 71.9 cm³/mol. The van der Waals surface area contributed by atoms with Gasteiger partial charge in [-0.05, 0) is 32.9 Å². The Kier molecular flexibility index (Phi) is 4.82. The first-order valence-electron chi connectivity index (χ1n) is 5.92. The summed E-state index contributed by atoms with van der Waals surface area (Å²) in [5.41, 5.74) is -0.474. The van der Waals surface area contributed by atoms with Crippen molar-refractivity contribution < 1.29 is 17.6 Å². The first-order valence-corrected chi connectivity index (χ1v) is 7.36. The number of carbonyl (C=O) groups is 1. The molecule has 112 valence electrons. The van der Waals surface area contributed by atoms with Crippen LogP contribution in [-0.4, -0.2) is 42.7 Å². The summed E-state index contributed by atoms with van der Waals surface area (Å²) in [6.07, 6.45) is 1.18. The van der Waals surface area contributed by atoms with Crippen LogP contribution < -0.4 is 5.32 Å². The number of rotatable bonds is 4. The Morgan fingerprint density at radius 1 is 1.45 bits per heavy atom. The number of sulfonamides is 1. The Labute approximate surface area is 118 Å². The zero-order valence-electron chi connectivity index (χ0n) is 11.8. The van der Waals surface area contributed by atoms with Gasteiger partial charge >= 0.3 is 0 Å². The fourth-order valence-electron chi connectivity index (χ4n) is 1.45. The summed E-state index contributed by atoms with van der Waals surface area (Å²) in [6, 6.07) is 2.30. The number of amides is 1. The smallest absolute Gasteiger partial charge is 0.263 e. The topological polar surface area (TPSA) is 79.4 Å². The van der Waals surface area contributed by atoms with Crippen molar-refractivity contribution in [2.24, 2.45) is 0 Å². The molecule has 0 spiro atoms. The molecule has 1 rings (SSSR count). The van der Waals surface area contributed by atoms with E-state index in [0.29, 0.717) is 0 Å². The minimum Gasteiger partial charge on any atom is -0.350 e. The van der Waals surface area contributed by atoms with Crippen LogP contribution in [0.3, 0.4) is 0 Å². The van der Waals surface area contributed by atoms with Crippen molar-refractivity contribution >= 4 is 15.9 Å². The van der Waals surface area contributed by atoms with Gasteiger partial charge in [0.2, 0.25) is 10.9 Å². The molecule has 1 N–H and O–H groups in total. The van der Waals surface area contributed by atoms with E-state index in [1.54, 1.807) is 20.8 Å². The Hall–Kier alpha value is -1.54. The highest BCUT2D eigenvalue weighted by molar-refractivity contribution is 7.89. The largest absolute Gasteiger partial charge is 0.350 e. The third kappa shape index (κ3) is 4.24. The van der Waals surface area contributed by atoms with E-state index in [1.165, 1.54) is 19.3 Å². The first kappa shape index (κ1) is 16.5. The van der Waals surface area contributed by atoms with Crippen LogP contribution in [0.2, 0.25) is 0 Å². The number of hydrogen-bond donors (Lipinski definition) is 1. The molecule has 20 heavy (non-hydrogen) atoms. The maximum Gasteiger partial charge on any atom is 0.263 e. The fourth-order valence-corrected chi connectivity index (χ4v) is 2.54. The van der Waals surface area contributed by atoms with Gasteiger partial charge in [0.05, 0.1) is 6.54 Å². The van der Waals surface area contributed by atoms with Gasteiger partial charge in [-0.3, -0.25) is 4.79 Å². The number of pyridine rings is 1. The summed E-state index contributed by atoms with van der Waals surface area (Å²) >= 11 is 0. The van der Waals surface area contributed by atoms with Crippen LogP contribution in [0.25, 0.3) is 0 Å². The zero-order chi connectivity index (χ0) is 15.6. The molecular weight excluding hydrogens is 285 g/mol. The molecule has 0 aromatic carbocycles. The molecule has 8 heteroatoms. The van der Waals surface area contributed by atoms with E-state index in [0.717, 1.165) is 10.4 Å². The van der Waals surface area contributed by atoms with Gasteiger partial charge in [-0.15, -0.1) is 0 Å². The molecule has 1 amide bonds. The quantitative estimate of drug-likeness (QED) is 0.890. The molecule has 1 aromatic heterocycles. The summed E-state index contributed by atoms with van der Waals surface area (Å²) in [6.45, 7) is 4.92. The molecular formula is C12H18FN3O3S. The van der Waals surface area contributed by atoms with Gasteiger partial charge < -0.3 is 5.32 Å². The standard InChI is InChI=1S/C12H18FN3O3S/c1-12(2,3)15-10(17)8-16(4)20(18,19)11-9(13)6-5-7-14-11/h5-7H,8H2,1-4H3,(H,15,17). The predicted octanol–water partition coefficient (Wildman–Crippen LogP) is 0.756. The Morgan fingerprint density at radius 2 is 2.05 bits per heavy atom. The lowest BCUT2D eigenvalue weighted by Crippen LogP contribution is -2.46. The molecule has 1 aromatic rings. The van der Waals surface area contributed by atoms with E-state index in [1.807, 2.05) is 0 Å². The molecule has 1 heterocycles. The highest BCUT2D eigenvalue weighted by Gasteiger charge is 2.28. The molecule has 0 aliphatic heterocycles. The number of nitrogens with zero attached hydrogens (tertiary/aromatic N) is 2. The van der Waals surface area contributed by atoms with Crippen LogP contribution in [0.5, 0.6) is 0 Å². The Balaban J connectivity index is 2.89. The van der Waals surface area contributed by atoms with Gasteiger partial charge in [0.1, 0.15) is 0 Å². The highest BCUT2D eigenvalue weighted by Crippen LogP contribution is 2.14. The van der Waals surface area contributed by atoms with Gasteiger partial charge in [-0.1, -0.05) is 0 Å². The van der Waals surface area contributed by atoms with Gasteiger partial charge in [0, 0.05) is 18.8 Å². The SMILES string of the molecule is CN(CC(=O)NC(C)(C)C)S(=O)(=O)c1ncccc1F. The lowest BCUT2D eigenvalue weighted by molar-refractivity contribution is -0.122. The minimum absolute atomic E-state index is 0.407. The molecule has 0 bridgehead atoms. The number of aromatic nitrogens is 1. The third-order valence-electron chi connectivity index (χ3n) is 2.26. The first-order chi connectivity index (χ1) is 9.04. The molecule has 0 atom stereocenters. The molecule has 0 unspecified atom stereocenters. The number of halogens is 1. The monoisotopic (exact) mass is 303 g/mol. The van der Waals surface area contributed by atoms with Gasteiger partial charge in [-0.25, -0.2) is 17.8 Å². The van der Waals surface area contributed by atoms with E-state index in [4.69, 9.17) is 0 Å². The Bertz CT molecular complexity index is 596. The van der Waals surface area contributed by atoms with Crippen molar-refractivity contribution in [2.75, 3.05) is 13.6 Å². The van der Waals surface area contributed by atoms with Crippen molar-refractivity contribution in [3.05, 3.63) is 24.1 Å². The second-order valence-corrected chi connectivity index (χ2v) is 7.31. The molecule has 0 saturated heterocycles. The van der Waals surface area contributed by atoms with E-state index in [2.05, 4.69) is 10.3 Å². The van der Waals surface area contributed by atoms with E-state index >= 15 is 0 Å². The van der Waals surface area contributed by atoms with Crippen LogP contribution in [0.15, 0.2) is 23.4 Å². The minimum atomic E-state index is -4.13. The summed E-state index contributed by atoms with van der Waals surface area (Å²) < 4.78 is 38.4. The normalized spacial score (nSPS) is 12.5. The summed E-state index contributed by atoms with van der Waals surface area (Å²) in [5, 5.41) is 1.94. The van der Waals surface area contributed by atoms with Gasteiger partial charge in [-0.2, -0.15) is 4.31 Å². The lowest BCUT2D eigenvalue weighted by atomic mass is 10.1. The lowest BCUT2D eigenvalue weighted by Gasteiger charge is -2.23. The molecule has 6 nitrogen and oxygen atoms in total. The average Bonchev–Trinajstić information content (AvgIpc) is 2.26. The fraction of sp³-hybridized carbons (Fsp3) is 0.500. The van der Waals surface area contributed by atoms with E-state index in [-0.39, 0.29) is 0 Å². The average molecular weight is 303 g/mol. The van der Waals surface area contributed by atoms with Gasteiger partial charge in [0.15, 0.2) is 5.82 Å². The third-order valence-corrected chi connectivity index (χ3v) is 4.00. The van der Waals surface area contributed by atoms with Crippen molar-refractivity contribution in [2.45, 2.75) is 31.3 Å². The second kappa shape index (κ2) is 5.84. The summed E-state index contributed by atoms with van der Waals surface area (Å²) in [5.74, 6) is -1.42. The zero-order valence-corrected chi connectivity index (χ0v) is 12.7. The number of carbonyl (C=O) groups excluding carboxylic acids is 1. The molecule has 0 radical (unpaired) electrons. The van der Waals surface area contributed by atoms with Gasteiger partial charge in [0.25, 0.3) is 10.0 Å². The maximum atomic E-state index is 13.5. The number of hydrogen-bond acceptors (Lipinski definition) is 4. The van der Waals surface area contributed by atoms with E-state index in [9.17, 15) is 17.6 Å². The Morgan fingerprint density at radius 3 is 2.55 bits per heavy atom. The van der Waals surface area contributed by atoms with Crippen LogP contribution >= 0.6 is 0 Å². The van der Waals surface area contributed by atoms with Crippen molar-refractivity contribution in [3.63, 3.8) is 0 Å². The van der Waals surface area contributed by atoms with Crippen LogP contribution in [0, 0.1) is 5.82 Å². The molecule has 0 aliphatic rings. The van der Waals surface area contributed by atoms with Crippen LogP contribution in [-0.2, 0) is 14.8 Å². The van der Waals surface area contributed by atoms with Crippen molar-refractivity contribution in [1.29, 1.82) is 0 Å². The highest BCUT2D eigenvalue weighted by atomic mass is 32.2. The molecule has 0 saturated carbocycles. The molecule has 0 aliphatic carbocycles.